The largest absolute Gasteiger partial charge is 0.386 e. The predicted molar refractivity (Wildman–Crippen MR) is 119 cm³/mol. The van der Waals surface area contributed by atoms with Gasteiger partial charge in [0.1, 0.15) is 0 Å². The Hall–Kier alpha value is -3.51. The topological polar surface area (TPSA) is 71.2 Å². The number of hydrogen-bond acceptors (Lipinski definition) is 4. The second-order valence-corrected chi connectivity index (χ2v) is 8.68. The van der Waals surface area contributed by atoms with Gasteiger partial charge in [0.2, 0.25) is 0 Å². The molecule has 0 aliphatic carbocycles. The molecule has 0 radical (unpaired) electrons. The number of amides is 1. The maximum atomic E-state index is 12.6. The smallest absolute Gasteiger partial charge is 0.256 e. The van der Waals surface area contributed by atoms with Gasteiger partial charge in [-0.05, 0) is 54.8 Å². The van der Waals surface area contributed by atoms with Crippen molar-refractivity contribution in [1.29, 1.82) is 0 Å². The molecule has 156 valence electrons. The van der Waals surface area contributed by atoms with Gasteiger partial charge in [0, 0.05) is 36.9 Å². The molecule has 3 heterocycles. The molecule has 4 aromatic rings. The van der Waals surface area contributed by atoms with E-state index >= 15 is 0 Å². The number of rotatable bonds is 4. The number of aromatic nitrogens is 3. The molecule has 0 unspecified atom stereocenters. The number of pyridine rings is 1. The van der Waals surface area contributed by atoms with Crippen LogP contribution in [0.4, 0.5) is 0 Å². The minimum Gasteiger partial charge on any atom is -0.386 e. The number of carbonyl (C=O) groups is 1. The first-order valence-electron chi connectivity index (χ1n) is 10.3. The summed E-state index contributed by atoms with van der Waals surface area (Å²) < 4.78 is 1.77. The first-order chi connectivity index (χ1) is 14.8. The van der Waals surface area contributed by atoms with Crippen molar-refractivity contribution in [2.45, 2.75) is 32.5 Å². The van der Waals surface area contributed by atoms with Crippen LogP contribution in [0.3, 0.4) is 0 Å². The average molecular weight is 412 g/mol. The van der Waals surface area contributed by atoms with Crippen molar-refractivity contribution in [3.05, 3.63) is 83.3 Å². The van der Waals surface area contributed by atoms with Crippen molar-refractivity contribution in [2.24, 2.45) is 7.05 Å². The number of carbonyl (C=O) groups excluding carboxylic acids is 1. The van der Waals surface area contributed by atoms with Gasteiger partial charge in [0.15, 0.2) is 0 Å². The lowest BCUT2D eigenvalue weighted by molar-refractivity contribution is 0.0765. The van der Waals surface area contributed by atoms with E-state index in [1.165, 1.54) is 0 Å². The Labute approximate surface area is 180 Å². The van der Waals surface area contributed by atoms with Gasteiger partial charge < -0.3 is 10.0 Å². The van der Waals surface area contributed by atoms with E-state index in [9.17, 15) is 9.90 Å². The van der Waals surface area contributed by atoms with Gasteiger partial charge in [-0.2, -0.15) is 5.10 Å². The molecule has 6 nitrogen and oxygen atoms in total. The summed E-state index contributed by atoms with van der Waals surface area (Å²) in [6.45, 7) is 4.65. The molecule has 0 saturated heterocycles. The second-order valence-electron chi connectivity index (χ2n) is 8.68. The fourth-order valence-electron chi connectivity index (χ4n) is 4.22. The van der Waals surface area contributed by atoms with Crippen LogP contribution >= 0.6 is 0 Å². The van der Waals surface area contributed by atoms with Crippen molar-refractivity contribution in [3.63, 3.8) is 0 Å². The third kappa shape index (κ3) is 3.49. The maximum absolute atomic E-state index is 12.6. The van der Waals surface area contributed by atoms with E-state index in [-0.39, 0.29) is 5.91 Å². The second kappa shape index (κ2) is 7.03. The Bertz CT molecular complexity index is 1300. The fraction of sp³-hybridized carbons (Fsp3) is 0.240. The molecule has 1 aliphatic rings. The van der Waals surface area contributed by atoms with Crippen LogP contribution in [0.1, 0.15) is 41.0 Å². The van der Waals surface area contributed by atoms with Crippen LogP contribution in [0.2, 0.25) is 0 Å². The zero-order valence-electron chi connectivity index (χ0n) is 17.8. The molecule has 0 fully saturated rings. The van der Waals surface area contributed by atoms with Crippen molar-refractivity contribution >= 4 is 16.8 Å². The molecule has 1 aliphatic heterocycles. The third-order valence-corrected chi connectivity index (χ3v) is 5.79. The molecule has 5 rings (SSSR count). The van der Waals surface area contributed by atoms with Crippen molar-refractivity contribution in [3.8, 4) is 11.1 Å². The summed E-state index contributed by atoms with van der Waals surface area (Å²) in [6.07, 6.45) is 3.69. The van der Waals surface area contributed by atoms with Crippen molar-refractivity contribution in [1.82, 2.24) is 19.7 Å². The van der Waals surface area contributed by atoms with Crippen LogP contribution < -0.4 is 0 Å². The Balaban J connectivity index is 1.43. The van der Waals surface area contributed by atoms with Crippen LogP contribution in [0.5, 0.6) is 0 Å². The quantitative estimate of drug-likeness (QED) is 0.550. The first kappa shape index (κ1) is 19.5. The predicted octanol–water partition coefficient (Wildman–Crippen LogP) is 4.02. The third-order valence-electron chi connectivity index (χ3n) is 5.79. The molecular weight excluding hydrogens is 388 g/mol. The van der Waals surface area contributed by atoms with Crippen LogP contribution in [0.15, 0.2) is 60.9 Å². The van der Waals surface area contributed by atoms with Gasteiger partial charge >= 0.3 is 0 Å². The summed E-state index contributed by atoms with van der Waals surface area (Å²) in [5.74, 6) is 0.0315. The lowest BCUT2D eigenvalue weighted by Crippen LogP contribution is -2.23. The van der Waals surface area contributed by atoms with Crippen LogP contribution in [0, 0.1) is 0 Å². The molecule has 0 saturated carbocycles. The molecule has 2 aromatic heterocycles. The minimum atomic E-state index is -0.998. The lowest BCUT2D eigenvalue weighted by atomic mass is 9.91. The number of aryl methyl sites for hydroxylation is 1. The molecule has 0 atom stereocenters. The van der Waals surface area contributed by atoms with Gasteiger partial charge in [-0.25, -0.2) is 0 Å². The Morgan fingerprint density at radius 3 is 2.58 bits per heavy atom. The number of fused-ring (bicyclic) bond motifs is 2. The summed E-state index contributed by atoms with van der Waals surface area (Å²) in [6, 6.07) is 16.0. The lowest BCUT2D eigenvalue weighted by Gasteiger charge is -2.20. The number of benzene rings is 2. The minimum absolute atomic E-state index is 0.0315. The summed E-state index contributed by atoms with van der Waals surface area (Å²) in [4.78, 5) is 18.7. The molecule has 1 N–H and O–H groups in total. The number of aliphatic hydroxyl groups is 1. The van der Waals surface area contributed by atoms with Crippen molar-refractivity contribution < 1.29 is 9.90 Å². The van der Waals surface area contributed by atoms with Gasteiger partial charge in [-0.1, -0.05) is 24.3 Å². The highest BCUT2D eigenvalue weighted by molar-refractivity contribution is 5.97. The average Bonchev–Trinajstić information content (AvgIpc) is 3.26. The monoisotopic (exact) mass is 412 g/mol. The zero-order chi connectivity index (χ0) is 21.8. The summed E-state index contributed by atoms with van der Waals surface area (Å²) in [5, 5.41) is 16.2. The molecule has 1 amide bonds. The highest BCUT2D eigenvalue weighted by Crippen LogP contribution is 2.33. The standard InChI is InChI=1S/C25H24N4O2/c1-25(2,31)21-12-18(11-19-14-28(3)27-23(19)21)17-8-6-16(7-9-17)13-29-15-22-20(24(29)30)5-4-10-26-22/h4-12,14,31H,13,15H2,1-3H3. The van der Waals surface area contributed by atoms with E-state index in [1.54, 1.807) is 30.8 Å². The van der Waals surface area contributed by atoms with Crippen LogP contribution in [-0.4, -0.2) is 30.7 Å². The van der Waals surface area contributed by atoms with Crippen molar-refractivity contribution in [2.75, 3.05) is 0 Å². The van der Waals surface area contributed by atoms with Gasteiger partial charge in [-0.3, -0.25) is 14.5 Å². The molecule has 6 heteroatoms. The summed E-state index contributed by atoms with van der Waals surface area (Å²) in [5.41, 5.74) is 5.30. The number of hydrogen-bond donors (Lipinski definition) is 1. The van der Waals surface area contributed by atoms with Gasteiger partial charge in [-0.15, -0.1) is 0 Å². The van der Waals surface area contributed by atoms with E-state index in [1.807, 2.05) is 30.3 Å². The number of nitrogens with zero attached hydrogens (tertiary/aromatic N) is 4. The van der Waals surface area contributed by atoms with Gasteiger partial charge in [0.05, 0.1) is 28.9 Å². The molecule has 0 spiro atoms. The van der Waals surface area contributed by atoms with E-state index in [0.717, 1.165) is 38.9 Å². The highest BCUT2D eigenvalue weighted by Gasteiger charge is 2.28. The highest BCUT2D eigenvalue weighted by atomic mass is 16.3. The fourth-order valence-corrected chi connectivity index (χ4v) is 4.22. The Kier molecular flexibility index (Phi) is 4.41. The summed E-state index contributed by atoms with van der Waals surface area (Å²) in [7, 11) is 1.88. The molecule has 0 bridgehead atoms. The SMILES string of the molecule is Cn1cc2cc(-c3ccc(CN4Cc5ncccc5C4=O)cc3)cc(C(C)(C)O)c2n1. The molecular formula is C25H24N4O2. The van der Waals surface area contributed by atoms with Gasteiger partial charge in [0.25, 0.3) is 5.91 Å². The van der Waals surface area contributed by atoms with Crippen LogP contribution in [-0.2, 0) is 25.7 Å². The normalized spacial score (nSPS) is 13.8. The summed E-state index contributed by atoms with van der Waals surface area (Å²) >= 11 is 0. The van der Waals surface area contributed by atoms with E-state index in [0.29, 0.717) is 18.7 Å². The van der Waals surface area contributed by atoms with E-state index in [2.05, 4.69) is 40.4 Å². The zero-order valence-corrected chi connectivity index (χ0v) is 17.8. The Morgan fingerprint density at radius 1 is 1.10 bits per heavy atom. The van der Waals surface area contributed by atoms with E-state index in [4.69, 9.17) is 0 Å². The molecule has 31 heavy (non-hydrogen) atoms. The van der Waals surface area contributed by atoms with E-state index < -0.39 is 5.60 Å². The maximum Gasteiger partial charge on any atom is 0.256 e. The Morgan fingerprint density at radius 2 is 1.87 bits per heavy atom. The molecule has 2 aromatic carbocycles. The first-order valence-corrected chi connectivity index (χ1v) is 10.3. The van der Waals surface area contributed by atoms with Crippen LogP contribution in [0.25, 0.3) is 22.0 Å².